The molecule has 1 unspecified atom stereocenters. The lowest BCUT2D eigenvalue weighted by Crippen LogP contribution is -2.16. The van der Waals surface area contributed by atoms with E-state index in [1.165, 1.54) is 12.1 Å². The minimum Gasteiger partial charge on any atom is -0.496 e. The van der Waals surface area contributed by atoms with Gasteiger partial charge in [0.25, 0.3) is 0 Å². The third kappa shape index (κ3) is 4.49. The molecule has 0 aliphatic heterocycles. The minimum atomic E-state index is -1.93. The van der Waals surface area contributed by atoms with Crippen LogP contribution in [-0.2, 0) is 0 Å². The SMILES string of the molecule is COc1cc(C(O)N=C(N)c2ccc(C(O)O)c(F)c2)ccc1-c1ccccc1C. The van der Waals surface area contributed by atoms with Crippen molar-refractivity contribution in [2.45, 2.75) is 19.4 Å². The molecular weight excluding hydrogens is 387 g/mol. The molecule has 30 heavy (non-hydrogen) atoms. The lowest BCUT2D eigenvalue weighted by molar-refractivity contribution is -0.0449. The largest absolute Gasteiger partial charge is 0.496 e. The van der Waals surface area contributed by atoms with E-state index in [2.05, 4.69) is 4.99 Å². The topological polar surface area (TPSA) is 108 Å². The van der Waals surface area contributed by atoms with Crippen molar-refractivity contribution in [1.29, 1.82) is 0 Å². The van der Waals surface area contributed by atoms with Crippen LogP contribution >= 0.6 is 0 Å². The molecule has 0 aliphatic carbocycles. The second kappa shape index (κ2) is 9.04. The molecule has 0 bridgehead atoms. The van der Waals surface area contributed by atoms with Crippen LogP contribution in [0.2, 0.25) is 0 Å². The third-order valence-corrected chi connectivity index (χ3v) is 4.79. The standard InChI is InChI=1S/C23H23FN2O4/c1-13-5-3-4-6-16(13)17-9-8-15(12-20(17)30-2)22(27)26-21(25)14-7-10-18(23(28)29)19(24)11-14/h3-12,22-23,27-29H,1-2H3,(H2,25,26). The summed E-state index contributed by atoms with van der Waals surface area (Å²) in [5.41, 5.74) is 9.27. The monoisotopic (exact) mass is 410 g/mol. The van der Waals surface area contributed by atoms with Crippen LogP contribution in [0.1, 0.15) is 34.8 Å². The number of aliphatic hydroxyl groups excluding tert-OH is 2. The average Bonchev–Trinajstić information content (AvgIpc) is 2.73. The van der Waals surface area contributed by atoms with Gasteiger partial charge in [0.2, 0.25) is 0 Å². The van der Waals surface area contributed by atoms with E-state index in [0.717, 1.165) is 22.8 Å². The number of ether oxygens (including phenoxy) is 1. The zero-order chi connectivity index (χ0) is 21.8. The number of nitrogens with two attached hydrogens (primary N) is 1. The minimum absolute atomic E-state index is 0.0951. The first-order valence-electron chi connectivity index (χ1n) is 9.23. The van der Waals surface area contributed by atoms with Crippen molar-refractivity contribution in [3.8, 4) is 16.9 Å². The zero-order valence-electron chi connectivity index (χ0n) is 16.6. The Bertz CT molecular complexity index is 1080. The van der Waals surface area contributed by atoms with E-state index in [-0.39, 0.29) is 17.0 Å². The molecule has 0 spiro atoms. The van der Waals surface area contributed by atoms with Gasteiger partial charge in [0.15, 0.2) is 12.5 Å². The van der Waals surface area contributed by atoms with Gasteiger partial charge >= 0.3 is 0 Å². The smallest absolute Gasteiger partial charge is 0.181 e. The van der Waals surface area contributed by atoms with Crippen LogP contribution in [0.3, 0.4) is 0 Å². The first-order chi connectivity index (χ1) is 14.3. The van der Waals surface area contributed by atoms with Crippen molar-refractivity contribution in [2.24, 2.45) is 10.7 Å². The Hall–Kier alpha value is -3.26. The highest BCUT2D eigenvalue weighted by Gasteiger charge is 2.15. The van der Waals surface area contributed by atoms with Gasteiger partial charge in [-0.1, -0.05) is 48.5 Å². The van der Waals surface area contributed by atoms with Gasteiger partial charge < -0.3 is 25.8 Å². The fraction of sp³-hybridized carbons (Fsp3) is 0.174. The Labute approximate surface area is 173 Å². The molecule has 3 aromatic rings. The van der Waals surface area contributed by atoms with Crippen molar-refractivity contribution in [3.63, 3.8) is 0 Å². The maximum absolute atomic E-state index is 13.9. The quantitative estimate of drug-likeness (QED) is 0.284. The molecule has 0 heterocycles. The van der Waals surface area contributed by atoms with Crippen LogP contribution in [0.4, 0.5) is 4.39 Å². The molecule has 0 saturated heterocycles. The Kier molecular flexibility index (Phi) is 6.47. The molecule has 0 radical (unpaired) electrons. The predicted molar refractivity (Wildman–Crippen MR) is 112 cm³/mol. The van der Waals surface area contributed by atoms with Gasteiger partial charge in [0.05, 0.1) is 7.11 Å². The van der Waals surface area contributed by atoms with Gasteiger partial charge in [-0.15, -0.1) is 0 Å². The molecule has 0 aromatic heterocycles. The number of aliphatic imine (C=N–C) groups is 1. The molecule has 0 amide bonds. The number of aryl methyl sites for hydroxylation is 1. The summed E-state index contributed by atoms with van der Waals surface area (Å²) in [4.78, 5) is 4.03. The zero-order valence-corrected chi connectivity index (χ0v) is 16.6. The number of amidine groups is 1. The molecule has 1 atom stereocenters. The number of benzene rings is 3. The molecule has 0 aliphatic rings. The second-order valence-electron chi connectivity index (χ2n) is 6.77. The number of methoxy groups -OCH3 is 1. The molecule has 156 valence electrons. The Morgan fingerprint density at radius 1 is 1.00 bits per heavy atom. The number of rotatable bonds is 6. The maximum atomic E-state index is 13.9. The van der Waals surface area contributed by atoms with E-state index in [1.807, 2.05) is 37.3 Å². The number of aliphatic hydroxyl groups is 3. The summed E-state index contributed by atoms with van der Waals surface area (Å²) in [5, 5.41) is 28.7. The first-order valence-corrected chi connectivity index (χ1v) is 9.23. The van der Waals surface area contributed by atoms with E-state index < -0.39 is 18.3 Å². The van der Waals surface area contributed by atoms with Crippen molar-refractivity contribution in [1.82, 2.24) is 0 Å². The molecule has 3 aromatic carbocycles. The van der Waals surface area contributed by atoms with Crippen LogP contribution < -0.4 is 10.5 Å². The highest BCUT2D eigenvalue weighted by atomic mass is 19.1. The number of halogens is 1. The van der Waals surface area contributed by atoms with Gasteiger partial charge in [-0.05, 0) is 30.2 Å². The molecule has 0 fully saturated rings. The lowest BCUT2D eigenvalue weighted by Gasteiger charge is -2.15. The second-order valence-corrected chi connectivity index (χ2v) is 6.77. The van der Waals surface area contributed by atoms with E-state index in [9.17, 15) is 9.50 Å². The Balaban J connectivity index is 1.90. The van der Waals surface area contributed by atoms with Crippen molar-refractivity contribution in [2.75, 3.05) is 7.11 Å². The van der Waals surface area contributed by atoms with Gasteiger partial charge in [0.1, 0.15) is 17.4 Å². The van der Waals surface area contributed by atoms with Gasteiger partial charge in [-0.2, -0.15) is 0 Å². The van der Waals surface area contributed by atoms with Crippen molar-refractivity contribution >= 4 is 5.84 Å². The number of nitrogens with zero attached hydrogens (tertiary/aromatic N) is 1. The molecule has 7 heteroatoms. The lowest BCUT2D eigenvalue weighted by atomic mass is 9.98. The van der Waals surface area contributed by atoms with Crippen molar-refractivity contribution < 1.29 is 24.4 Å². The van der Waals surface area contributed by atoms with Gasteiger partial charge in [0, 0.05) is 22.3 Å². The molecule has 5 N–H and O–H groups in total. The fourth-order valence-electron chi connectivity index (χ4n) is 3.14. The van der Waals surface area contributed by atoms with Gasteiger partial charge in [-0.25, -0.2) is 9.38 Å². The molecule has 0 saturated carbocycles. The van der Waals surface area contributed by atoms with E-state index in [1.54, 1.807) is 19.2 Å². The van der Waals surface area contributed by atoms with Gasteiger partial charge in [-0.3, -0.25) is 0 Å². The fourth-order valence-corrected chi connectivity index (χ4v) is 3.14. The van der Waals surface area contributed by atoms with E-state index in [4.69, 9.17) is 20.7 Å². The van der Waals surface area contributed by atoms with Crippen LogP contribution in [0, 0.1) is 12.7 Å². The van der Waals surface area contributed by atoms with Crippen LogP contribution in [0.5, 0.6) is 5.75 Å². The van der Waals surface area contributed by atoms with E-state index >= 15 is 0 Å². The summed E-state index contributed by atoms with van der Waals surface area (Å²) in [6.45, 7) is 2.00. The summed E-state index contributed by atoms with van der Waals surface area (Å²) in [6.07, 6.45) is -3.22. The summed E-state index contributed by atoms with van der Waals surface area (Å²) < 4.78 is 19.4. The molecule has 6 nitrogen and oxygen atoms in total. The molecule has 3 rings (SSSR count). The highest BCUT2D eigenvalue weighted by molar-refractivity contribution is 5.97. The summed E-state index contributed by atoms with van der Waals surface area (Å²) in [6, 6.07) is 16.7. The number of hydrogen-bond donors (Lipinski definition) is 4. The van der Waals surface area contributed by atoms with Crippen molar-refractivity contribution in [3.05, 3.63) is 88.7 Å². The van der Waals surface area contributed by atoms with Crippen LogP contribution in [0.25, 0.3) is 11.1 Å². The molecular formula is C23H23FN2O4. The normalized spacial score (nSPS) is 12.8. The van der Waals surface area contributed by atoms with E-state index in [0.29, 0.717) is 11.3 Å². The summed E-state index contributed by atoms with van der Waals surface area (Å²) >= 11 is 0. The predicted octanol–water partition coefficient (Wildman–Crippen LogP) is 3.19. The Morgan fingerprint density at radius 2 is 1.73 bits per heavy atom. The summed E-state index contributed by atoms with van der Waals surface area (Å²) in [5.74, 6) is -0.358. The highest BCUT2D eigenvalue weighted by Crippen LogP contribution is 2.34. The first kappa shape index (κ1) is 21.4. The van der Waals surface area contributed by atoms with Crippen LogP contribution in [-0.4, -0.2) is 28.3 Å². The maximum Gasteiger partial charge on any atom is 0.181 e. The Morgan fingerprint density at radius 3 is 2.37 bits per heavy atom. The van der Waals surface area contributed by atoms with Crippen LogP contribution in [0.15, 0.2) is 65.7 Å². The summed E-state index contributed by atoms with van der Waals surface area (Å²) in [7, 11) is 1.55. The number of hydrogen-bond acceptors (Lipinski definition) is 5. The average molecular weight is 410 g/mol. The third-order valence-electron chi connectivity index (χ3n) is 4.79.